The van der Waals surface area contributed by atoms with E-state index in [1.165, 1.54) is 9.13 Å². The zero-order chi connectivity index (χ0) is 22.9. The van der Waals surface area contributed by atoms with E-state index in [9.17, 15) is 9.59 Å². The van der Waals surface area contributed by atoms with E-state index in [0.717, 1.165) is 12.0 Å². The Bertz CT molecular complexity index is 1450. The van der Waals surface area contributed by atoms with Gasteiger partial charge in [0, 0.05) is 16.6 Å². The maximum atomic E-state index is 12.6. The normalized spacial score (nSPS) is 11.7. The highest BCUT2D eigenvalue weighted by Gasteiger charge is 2.17. The predicted octanol–water partition coefficient (Wildman–Crippen LogP) is 4.97. The molecule has 2 aromatic heterocycles. The molecule has 7 nitrogen and oxygen atoms in total. The lowest BCUT2D eigenvalue weighted by Gasteiger charge is -2.22. The number of rotatable bonds is 7. The van der Waals surface area contributed by atoms with Gasteiger partial charge in [0.05, 0.1) is 24.4 Å². The molecule has 2 heterocycles. The van der Waals surface area contributed by atoms with E-state index in [1.54, 1.807) is 36.4 Å². The van der Waals surface area contributed by atoms with Crippen molar-refractivity contribution in [3.63, 3.8) is 0 Å². The topological polar surface area (TPSA) is 73.5 Å². The number of aromatic nitrogens is 2. The molecular formula is C24H19Cl2N3O4. The molecule has 5 rings (SSSR count). The lowest BCUT2D eigenvalue weighted by atomic mass is 10.1. The summed E-state index contributed by atoms with van der Waals surface area (Å²) >= 11 is 12.3. The average molecular weight is 484 g/mol. The van der Waals surface area contributed by atoms with Crippen LogP contribution >= 0.6 is 23.2 Å². The van der Waals surface area contributed by atoms with Crippen molar-refractivity contribution in [2.45, 2.75) is 19.8 Å². The number of halogens is 2. The van der Waals surface area contributed by atoms with Crippen LogP contribution in [0.25, 0.3) is 22.2 Å². The smallest absolute Gasteiger partial charge is 0.408 e. The molecule has 5 aromatic rings. The van der Waals surface area contributed by atoms with Gasteiger partial charge in [-0.3, -0.25) is 14.0 Å². The Morgan fingerprint density at radius 3 is 1.76 bits per heavy atom. The Morgan fingerprint density at radius 2 is 1.24 bits per heavy atom. The summed E-state index contributed by atoms with van der Waals surface area (Å²) in [5.74, 6) is -0.992. The molecule has 0 unspecified atom stereocenters. The average Bonchev–Trinajstić information content (AvgIpc) is 3.28. The Kier molecular flexibility index (Phi) is 5.85. The predicted molar refractivity (Wildman–Crippen MR) is 128 cm³/mol. The van der Waals surface area contributed by atoms with Gasteiger partial charge < -0.3 is 8.83 Å². The second-order valence-electron chi connectivity index (χ2n) is 7.73. The van der Waals surface area contributed by atoms with E-state index >= 15 is 0 Å². The zero-order valence-electron chi connectivity index (χ0n) is 17.4. The highest BCUT2D eigenvalue weighted by molar-refractivity contribution is 6.31. The van der Waals surface area contributed by atoms with Gasteiger partial charge in [0.15, 0.2) is 11.2 Å². The molecule has 0 bridgehead atoms. The van der Waals surface area contributed by atoms with Crippen LogP contribution in [0, 0.1) is 0 Å². The van der Waals surface area contributed by atoms with Crippen molar-refractivity contribution in [3.05, 3.63) is 103 Å². The quantitative estimate of drug-likeness (QED) is 0.326. The van der Waals surface area contributed by atoms with E-state index in [2.05, 4.69) is 0 Å². The second-order valence-corrected chi connectivity index (χ2v) is 8.60. The summed E-state index contributed by atoms with van der Waals surface area (Å²) in [5.41, 5.74) is 3.21. The summed E-state index contributed by atoms with van der Waals surface area (Å²) in [6.45, 7) is 0.959. The van der Waals surface area contributed by atoms with Crippen LogP contribution in [0.15, 0.2) is 85.2 Å². The van der Waals surface area contributed by atoms with Crippen LogP contribution in [0.4, 0.5) is 0 Å². The first-order valence-electron chi connectivity index (χ1n) is 10.3. The maximum absolute atomic E-state index is 12.6. The summed E-state index contributed by atoms with van der Waals surface area (Å²) in [7, 11) is 0. The number of oxazole rings is 2. The van der Waals surface area contributed by atoms with Crippen LogP contribution in [0.5, 0.6) is 0 Å². The van der Waals surface area contributed by atoms with Crippen LogP contribution < -0.4 is 11.5 Å². The molecule has 0 atom stereocenters. The largest absolute Gasteiger partial charge is 0.421 e. The molecule has 0 aliphatic rings. The van der Waals surface area contributed by atoms with Crippen molar-refractivity contribution < 1.29 is 8.83 Å². The molecule has 0 saturated carbocycles. The van der Waals surface area contributed by atoms with Crippen molar-refractivity contribution in [2.75, 3.05) is 6.54 Å². The Labute approximate surface area is 198 Å². The van der Waals surface area contributed by atoms with Crippen molar-refractivity contribution in [2.24, 2.45) is 0 Å². The third-order valence-electron chi connectivity index (χ3n) is 5.50. The molecule has 33 heavy (non-hydrogen) atoms. The van der Waals surface area contributed by atoms with E-state index in [-0.39, 0.29) is 13.3 Å². The number of nitrogens with zero attached hydrogens (tertiary/aromatic N) is 3. The number of hydrogen-bond acceptors (Lipinski definition) is 5. The van der Waals surface area contributed by atoms with Gasteiger partial charge in [0.1, 0.15) is 0 Å². The molecule has 0 spiro atoms. The first-order valence-corrected chi connectivity index (χ1v) is 11.1. The fourth-order valence-corrected chi connectivity index (χ4v) is 4.19. The van der Waals surface area contributed by atoms with Gasteiger partial charge in [-0.15, -0.1) is 0 Å². The summed E-state index contributed by atoms with van der Waals surface area (Å²) < 4.78 is 13.8. The van der Waals surface area contributed by atoms with Crippen LogP contribution in [0.2, 0.25) is 10.0 Å². The van der Waals surface area contributed by atoms with Gasteiger partial charge in [-0.1, -0.05) is 53.5 Å². The van der Waals surface area contributed by atoms with Crippen molar-refractivity contribution in [1.29, 1.82) is 0 Å². The Balaban J connectivity index is 1.51. The fourth-order valence-electron chi connectivity index (χ4n) is 3.86. The van der Waals surface area contributed by atoms with Gasteiger partial charge in [0.25, 0.3) is 0 Å². The monoisotopic (exact) mass is 483 g/mol. The molecule has 0 amide bonds. The third kappa shape index (κ3) is 4.48. The summed E-state index contributed by atoms with van der Waals surface area (Å²) in [4.78, 5) is 27.2. The minimum Gasteiger partial charge on any atom is -0.408 e. The molecule has 3 aromatic carbocycles. The first kappa shape index (κ1) is 21.6. The highest BCUT2D eigenvalue weighted by atomic mass is 35.5. The third-order valence-corrected chi connectivity index (χ3v) is 5.97. The van der Waals surface area contributed by atoms with Crippen molar-refractivity contribution in [3.8, 4) is 0 Å². The number of benzene rings is 3. The van der Waals surface area contributed by atoms with Gasteiger partial charge in [-0.2, -0.15) is 0 Å². The van der Waals surface area contributed by atoms with Crippen LogP contribution in [-0.2, 0) is 19.8 Å². The summed E-state index contributed by atoms with van der Waals surface area (Å²) in [6, 6.07) is 20.1. The number of hydrogen-bond donors (Lipinski definition) is 0. The van der Waals surface area contributed by atoms with Crippen molar-refractivity contribution >= 4 is 45.4 Å². The van der Waals surface area contributed by atoms with Crippen LogP contribution in [0.3, 0.4) is 0 Å². The standard InChI is InChI=1S/C24H19Cl2N3O4/c25-17-6-8-21-19(12-17)28(23(30)32-21)14-27(11-10-16-4-2-1-3-5-16)15-29-20-13-18(26)7-9-22(20)33-24(29)31/h1-9,12-13H,10-11,14-15H2. The molecular weight excluding hydrogens is 465 g/mol. The van der Waals surface area contributed by atoms with Gasteiger partial charge >= 0.3 is 11.5 Å². The molecule has 168 valence electrons. The van der Waals surface area contributed by atoms with Crippen LogP contribution in [0.1, 0.15) is 5.56 Å². The SMILES string of the molecule is O=c1oc2ccc(Cl)cc2n1CN(CCc1ccccc1)Cn1c(=O)oc2ccc(Cl)cc21. The number of fused-ring (bicyclic) bond motifs is 2. The molecule has 9 heteroatoms. The fraction of sp³-hybridized carbons (Fsp3) is 0.167. The maximum Gasteiger partial charge on any atom is 0.421 e. The lowest BCUT2D eigenvalue weighted by molar-refractivity contribution is 0.166. The van der Waals surface area contributed by atoms with E-state index in [1.807, 2.05) is 35.2 Å². The molecule has 0 fully saturated rings. The minimum atomic E-state index is -0.496. The van der Waals surface area contributed by atoms with Gasteiger partial charge in [0.2, 0.25) is 0 Å². The summed E-state index contributed by atoms with van der Waals surface area (Å²) in [6.07, 6.45) is 0.720. The molecule has 0 N–H and O–H groups in total. The molecule has 0 radical (unpaired) electrons. The van der Waals surface area contributed by atoms with Gasteiger partial charge in [-0.25, -0.2) is 9.59 Å². The molecule has 0 aliphatic carbocycles. The van der Waals surface area contributed by atoms with E-state index < -0.39 is 11.5 Å². The molecule has 0 saturated heterocycles. The van der Waals surface area contributed by atoms with Crippen molar-refractivity contribution in [1.82, 2.24) is 14.0 Å². The van der Waals surface area contributed by atoms with E-state index in [4.69, 9.17) is 32.0 Å². The van der Waals surface area contributed by atoms with Gasteiger partial charge in [-0.05, 0) is 48.4 Å². The zero-order valence-corrected chi connectivity index (χ0v) is 18.9. The Morgan fingerprint density at radius 1 is 0.727 bits per heavy atom. The van der Waals surface area contributed by atoms with E-state index in [0.29, 0.717) is 38.8 Å². The first-order chi connectivity index (χ1) is 16.0. The lowest BCUT2D eigenvalue weighted by Crippen LogP contribution is -2.36. The summed E-state index contributed by atoms with van der Waals surface area (Å²) in [5, 5.41) is 0.999. The Hall–Kier alpha value is -3.26. The minimum absolute atomic E-state index is 0.193. The second kappa shape index (κ2) is 8.94. The van der Waals surface area contributed by atoms with Crippen LogP contribution in [-0.4, -0.2) is 20.6 Å². The highest BCUT2D eigenvalue weighted by Crippen LogP contribution is 2.21. The molecule has 0 aliphatic heterocycles.